The predicted octanol–water partition coefficient (Wildman–Crippen LogP) is 2.99. The van der Waals surface area contributed by atoms with Crippen LogP contribution in [0.3, 0.4) is 0 Å². The largest absolute Gasteiger partial charge is 0.331 e. The Labute approximate surface area is 138 Å². The maximum atomic E-state index is 14.0. The highest BCUT2D eigenvalue weighted by Crippen LogP contribution is 2.35. The van der Waals surface area contributed by atoms with Crippen molar-refractivity contribution in [3.63, 3.8) is 0 Å². The molecule has 1 unspecified atom stereocenters. The van der Waals surface area contributed by atoms with Crippen molar-refractivity contribution >= 4 is 5.91 Å². The van der Waals surface area contributed by atoms with Gasteiger partial charge in [0, 0.05) is 23.4 Å². The molecule has 1 amide bonds. The van der Waals surface area contributed by atoms with E-state index in [9.17, 15) is 9.18 Å². The van der Waals surface area contributed by atoms with E-state index in [1.807, 2.05) is 12.1 Å². The minimum absolute atomic E-state index is 0.0789. The molecule has 2 heterocycles. The summed E-state index contributed by atoms with van der Waals surface area (Å²) in [4.78, 5) is 14.4. The van der Waals surface area contributed by atoms with Crippen molar-refractivity contribution in [3.05, 3.63) is 78.1 Å². The van der Waals surface area contributed by atoms with E-state index >= 15 is 0 Å². The number of hydrogen-bond acceptors (Lipinski definition) is 3. The number of benzene rings is 2. The molecule has 120 valence electrons. The summed E-state index contributed by atoms with van der Waals surface area (Å²) < 4.78 is 15.7. The van der Waals surface area contributed by atoms with Crippen LogP contribution in [-0.4, -0.2) is 32.1 Å². The topological polar surface area (TPSA) is 51.0 Å². The fraction of sp³-hybridized carbons (Fsp3) is 0.167. The maximum Gasteiger partial charge on any atom is 0.254 e. The van der Waals surface area contributed by atoms with E-state index in [4.69, 9.17) is 0 Å². The van der Waals surface area contributed by atoms with E-state index in [2.05, 4.69) is 10.2 Å². The molecule has 3 aromatic rings. The van der Waals surface area contributed by atoms with Gasteiger partial charge < -0.3 is 4.90 Å². The van der Waals surface area contributed by atoms with Gasteiger partial charge in [0.1, 0.15) is 18.5 Å². The molecule has 5 nitrogen and oxygen atoms in total. The van der Waals surface area contributed by atoms with Crippen molar-refractivity contribution in [2.45, 2.75) is 12.5 Å². The van der Waals surface area contributed by atoms with E-state index in [1.165, 1.54) is 6.07 Å². The number of aromatic nitrogens is 3. The molecule has 1 aromatic heterocycles. The number of carbonyl (C=O) groups excluding carboxylic acids is 1. The highest BCUT2D eigenvalue weighted by Gasteiger charge is 2.35. The Bertz CT molecular complexity index is 861. The molecule has 1 aliphatic heterocycles. The Kier molecular flexibility index (Phi) is 3.57. The van der Waals surface area contributed by atoms with E-state index in [0.717, 1.165) is 12.1 Å². The third-order valence-corrected chi connectivity index (χ3v) is 4.38. The second-order valence-corrected chi connectivity index (χ2v) is 5.74. The first kappa shape index (κ1) is 14.6. The second kappa shape index (κ2) is 5.88. The standard InChI is InChI=1S/C18H15FN4O/c19-16-4-2-1-3-15(16)17-9-10-23(17)18(24)13-5-7-14(8-6-13)22-11-20-21-12-22/h1-8,11-12,17H,9-10H2. The van der Waals surface area contributed by atoms with Crippen LogP contribution in [0.25, 0.3) is 5.69 Å². The minimum atomic E-state index is -0.261. The SMILES string of the molecule is O=C(c1ccc(-n2cnnc2)cc1)N1CCC1c1ccccc1F. The Morgan fingerprint density at radius 2 is 1.75 bits per heavy atom. The molecule has 1 atom stereocenters. The quantitative estimate of drug-likeness (QED) is 0.745. The van der Waals surface area contributed by atoms with Gasteiger partial charge in [-0.15, -0.1) is 10.2 Å². The zero-order chi connectivity index (χ0) is 16.5. The van der Waals surface area contributed by atoms with Gasteiger partial charge in [0.05, 0.1) is 6.04 Å². The van der Waals surface area contributed by atoms with Gasteiger partial charge >= 0.3 is 0 Å². The van der Waals surface area contributed by atoms with Crippen LogP contribution in [0.1, 0.15) is 28.4 Å². The van der Waals surface area contributed by atoms with Crippen LogP contribution in [0.5, 0.6) is 0 Å². The molecule has 0 spiro atoms. The Balaban J connectivity index is 1.55. The lowest BCUT2D eigenvalue weighted by Crippen LogP contribution is -2.45. The predicted molar refractivity (Wildman–Crippen MR) is 86.2 cm³/mol. The molecule has 1 aliphatic rings. The molecule has 0 radical (unpaired) electrons. The minimum Gasteiger partial charge on any atom is -0.331 e. The third kappa shape index (κ3) is 2.46. The van der Waals surface area contributed by atoms with Crippen LogP contribution in [0.2, 0.25) is 0 Å². The van der Waals surface area contributed by atoms with Crippen molar-refractivity contribution in [3.8, 4) is 5.69 Å². The van der Waals surface area contributed by atoms with Crippen LogP contribution < -0.4 is 0 Å². The average molecular weight is 322 g/mol. The first-order valence-electron chi connectivity index (χ1n) is 7.74. The maximum absolute atomic E-state index is 14.0. The van der Waals surface area contributed by atoms with E-state index in [-0.39, 0.29) is 17.8 Å². The second-order valence-electron chi connectivity index (χ2n) is 5.74. The van der Waals surface area contributed by atoms with Crippen molar-refractivity contribution in [1.82, 2.24) is 19.7 Å². The number of amides is 1. The molecular formula is C18H15FN4O. The molecule has 0 saturated carbocycles. The molecule has 1 fully saturated rings. The van der Waals surface area contributed by atoms with Gasteiger partial charge in [-0.25, -0.2) is 4.39 Å². The van der Waals surface area contributed by atoms with Crippen LogP contribution in [-0.2, 0) is 0 Å². The van der Waals surface area contributed by atoms with Crippen molar-refractivity contribution < 1.29 is 9.18 Å². The molecule has 0 bridgehead atoms. The first-order valence-corrected chi connectivity index (χ1v) is 7.74. The fourth-order valence-electron chi connectivity index (χ4n) is 2.98. The summed E-state index contributed by atoms with van der Waals surface area (Å²) in [6.45, 7) is 0.644. The number of hydrogen-bond donors (Lipinski definition) is 0. The highest BCUT2D eigenvalue weighted by molar-refractivity contribution is 5.95. The summed E-state index contributed by atoms with van der Waals surface area (Å²) >= 11 is 0. The fourth-order valence-corrected chi connectivity index (χ4v) is 2.98. The Morgan fingerprint density at radius 3 is 2.38 bits per heavy atom. The zero-order valence-corrected chi connectivity index (χ0v) is 12.8. The number of likely N-dealkylation sites (tertiary alicyclic amines) is 1. The molecule has 4 rings (SSSR count). The summed E-state index contributed by atoms with van der Waals surface area (Å²) in [5, 5.41) is 7.52. The average Bonchev–Trinajstić information content (AvgIpc) is 3.10. The van der Waals surface area contributed by atoms with Gasteiger partial charge in [-0.3, -0.25) is 9.36 Å². The lowest BCUT2D eigenvalue weighted by molar-refractivity contribution is 0.0453. The molecule has 6 heteroatoms. The summed E-state index contributed by atoms with van der Waals surface area (Å²) in [5.74, 6) is -0.340. The molecule has 0 aliphatic carbocycles. The Hall–Kier alpha value is -3.02. The van der Waals surface area contributed by atoms with Crippen LogP contribution >= 0.6 is 0 Å². The van der Waals surface area contributed by atoms with Crippen molar-refractivity contribution in [2.75, 3.05) is 6.54 Å². The number of rotatable bonds is 3. The monoisotopic (exact) mass is 322 g/mol. The van der Waals surface area contributed by atoms with Crippen molar-refractivity contribution in [1.29, 1.82) is 0 Å². The summed E-state index contributed by atoms with van der Waals surface area (Å²) in [6.07, 6.45) is 3.98. The van der Waals surface area contributed by atoms with Gasteiger partial charge in [-0.05, 0) is 36.8 Å². The van der Waals surface area contributed by atoms with E-state index in [0.29, 0.717) is 17.7 Å². The Morgan fingerprint density at radius 1 is 1.04 bits per heavy atom. The lowest BCUT2D eigenvalue weighted by Gasteiger charge is -2.41. The number of nitrogens with zero attached hydrogens (tertiary/aromatic N) is 4. The smallest absolute Gasteiger partial charge is 0.254 e. The zero-order valence-electron chi connectivity index (χ0n) is 12.8. The summed E-state index contributed by atoms with van der Waals surface area (Å²) in [5.41, 5.74) is 2.05. The first-order chi connectivity index (χ1) is 11.7. The number of carbonyl (C=O) groups is 1. The van der Waals surface area contributed by atoms with Gasteiger partial charge in [-0.2, -0.15) is 0 Å². The molecular weight excluding hydrogens is 307 g/mol. The third-order valence-electron chi connectivity index (χ3n) is 4.38. The molecule has 0 N–H and O–H groups in total. The molecule has 2 aromatic carbocycles. The van der Waals surface area contributed by atoms with Gasteiger partial charge in [0.25, 0.3) is 5.91 Å². The summed E-state index contributed by atoms with van der Waals surface area (Å²) in [7, 11) is 0. The van der Waals surface area contributed by atoms with Gasteiger partial charge in [0.15, 0.2) is 0 Å². The van der Waals surface area contributed by atoms with E-state index < -0.39 is 0 Å². The highest BCUT2D eigenvalue weighted by atomic mass is 19.1. The van der Waals surface area contributed by atoms with Crippen molar-refractivity contribution in [2.24, 2.45) is 0 Å². The van der Waals surface area contributed by atoms with Crippen LogP contribution in [0, 0.1) is 5.82 Å². The molecule has 24 heavy (non-hydrogen) atoms. The summed E-state index contributed by atoms with van der Waals surface area (Å²) in [6, 6.07) is 13.7. The number of halogens is 1. The van der Waals surface area contributed by atoms with Gasteiger partial charge in [0.2, 0.25) is 0 Å². The van der Waals surface area contributed by atoms with E-state index in [1.54, 1.807) is 52.5 Å². The normalized spacial score (nSPS) is 16.7. The van der Waals surface area contributed by atoms with Crippen LogP contribution in [0.15, 0.2) is 61.2 Å². The molecule has 1 saturated heterocycles. The lowest BCUT2D eigenvalue weighted by atomic mass is 9.93. The van der Waals surface area contributed by atoms with Gasteiger partial charge in [-0.1, -0.05) is 18.2 Å². The van der Waals surface area contributed by atoms with Crippen LogP contribution in [0.4, 0.5) is 4.39 Å².